The minimum Gasteiger partial charge on any atom is -0.380 e. The topological polar surface area (TPSA) is 12.0 Å². The van der Waals surface area contributed by atoms with Crippen molar-refractivity contribution in [3.05, 3.63) is 41.4 Å². The number of rotatable bonds is 5. The van der Waals surface area contributed by atoms with Crippen LogP contribution in [0.1, 0.15) is 18.9 Å². The molecule has 76 valence electrons. The molecule has 0 radical (unpaired) electrons. The molecule has 0 aromatic heterocycles. The van der Waals surface area contributed by atoms with Crippen LogP contribution in [0.4, 0.5) is 5.69 Å². The summed E-state index contributed by atoms with van der Waals surface area (Å²) in [6, 6.07) is 8.43. The van der Waals surface area contributed by atoms with E-state index in [0.717, 1.165) is 12.1 Å². The van der Waals surface area contributed by atoms with Gasteiger partial charge in [-0.1, -0.05) is 43.7 Å². The van der Waals surface area contributed by atoms with Gasteiger partial charge in [0.05, 0.1) is 6.54 Å². The van der Waals surface area contributed by atoms with Gasteiger partial charge in [0.1, 0.15) is 0 Å². The standard InChI is InChI=1S/C12H16ClN/c1-3-4-11-5-7-12(8-6-11)14-9-10(2)13/h5-8,14H,2-4,9H2,1H3. The Morgan fingerprint density at radius 2 is 2.00 bits per heavy atom. The lowest BCUT2D eigenvalue weighted by atomic mass is 10.1. The fraction of sp³-hybridized carbons (Fsp3) is 0.333. The molecule has 0 amide bonds. The smallest absolute Gasteiger partial charge is 0.0501 e. The molecular weight excluding hydrogens is 194 g/mol. The first kappa shape index (κ1) is 11.1. The highest BCUT2D eigenvalue weighted by Gasteiger charge is 1.93. The largest absolute Gasteiger partial charge is 0.380 e. The van der Waals surface area contributed by atoms with E-state index in [1.54, 1.807) is 0 Å². The van der Waals surface area contributed by atoms with E-state index in [2.05, 4.69) is 43.1 Å². The zero-order valence-corrected chi connectivity index (χ0v) is 9.27. The molecule has 1 aromatic rings. The number of nitrogens with one attached hydrogen (secondary N) is 1. The summed E-state index contributed by atoms with van der Waals surface area (Å²) in [5.74, 6) is 0. The van der Waals surface area contributed by atoms with E-state index < -0.39 is 0 Å². The minimum absolute atomic E-state index is 0.620. The van der Waals surface area contributed by atoms with Gasteiger partial charge < -0.3 is 5.32 Å². The van der Waals surface area contributed by atoms with E-state index in [0.29, 0.717) is 11.6 Å². The molecule has 1 N–H and O–H groups in total. The number of benzene rings is 1. The molecule has 0 heterocycles. The second kappa shape index (κ2) is 5.71. The van der Waals surface area contributed by atoms with Crippen LogP contribution < -0.4 is 5.32 Å². The van der Waals surface area contributed by atoms with Crippen molar-refractivity contribution in [3.8, 4) is 0 Å². The molecule has 0 aliphatic heterocycles. The van der Waals surface area contributed by atoms with Gasteiger partial charge in [0.2, 0.25) is 0 Å². The Hall–Kier alpha value is -0.950. The second-order valence-corrected chi connectivity index (χ2v) is 3.85. The maximum atomic E-state index is 5.65. The first-order valence-corrected chi connectivity index (χ1v) is 5.26. The molecule has 0 saturated heterocycles. The van der Waals surface area contributed by atoms with Gasteiger partial charge in [-0.05, 0) is 24.1 Å². The van der Waals surface area contributed by atoms with Gasteiger partial charge in [-0.3, -0.25) is 0 Å². The number of aryl methyl sites for hydroxylation is 1. The summed E-state index contributed by atoms with van der Waals surface area (Å²) >= 11 is 5.65. The Balaban J connectivity index is 2.50. The highest BCUT2D eigenvalue weighted by Crippen LogP contribution is 2.11. The van der Waals surface area contributed by atoms with Crippen molar-refractivity contribution in [1.29, 1.82) is 0 Å². The zero-order chi connectivity index (χ0) is 10.4. The molecule has 1 aromatic carbocycles. The van der Waals surface area contributed by atoms with E-state index in [9.17, 15) is 0 Å². The van der Waals surface area contributed by atoms with Gasteiger partial charge in [-0.25, -0.2) is 0 Å². The van der Waals surface area contributed by atoms with Crippen molar-refractivity contribution in [1.82, 2.24) is 0 Å². The normalized spacial score (nSPS) is 9.86. The number of hydrogen-bond donors (Lipinski definition) is 1. The van der Waals surface area contributed by atoms with Crippen LogP contribution in [0.25, 0.3) is 0 Å². The zero-order valence-electron chi connectivity index (χ0n) is 8.52. The second-order valence-electron chi connectivity index (χ2n) is 3.32. The van der Waals surface area contributed by atoms with Crippen LogP contribution in [-0.2, 0) is 6.42 Å². The van der Waals surface area contributed by atoms with Crippen molar-refractivity contribution in [3.63, 3.8) is 0 Å². The first-order valence-electron chi connectivity index (χ1n) is 4.88. The summed E-state index contributed by atoms with van der Waals surface area (Å²) in [6.45, 7) is 6.42. The molecule has 1 nitrogen and oxygen atoms in total. The summed E-state index contributed by atoms with van der Waals surface area (Å²) < 4.78 is 0. The third-order valence-electron chi connectivity index (χ3n) is 1.98. The van der Waals surface area contributed by atoms with Gasteiger partial charge in [-0.15, -0.1) is 0 Å². The fourth-order valence-electron chi connectivity index (χ4n) is 1.28. The average molecular weight is 210 g/mol. The predicted molar refractivity (Wildman–Crippen MR) is 63.9 cm³/mol. The third kappa shape index (κ3) is 3.84. The summed E-state index contributed by atoms with van der Waals surface area (Å²) in [7, 11) is 0. The van der Waals surface area contributed by atoms with Crippen molar-refractivity contribution in [2.45, 2.75) is 19.8 Å². The molecule has 0 spiro atoms. The van der Waals surface area contributed by atoms with Crippen LogP contribution in [0.2, 0.25) is 0 Å². The molecule has 0 unspecified atom stereocenters. The molecule has 2 heteroatoms. The lowest BCUT2D eigenvalue weighted by molar-refractivity contribution is 0.922. The molecule has 0 fully saturated rings. The predicted octanol–water partition coefficient (Wildman–Crippen LogP) is 3.80. The van der Waals surface area contributed by atoms with Crippen molar-refractivity contribution >= 4 is 17.3 Å². The summed E-state index contributed by atoms with van der Waals surface area (Å²) in [5, 5.41) is 3.81. The number of anilines is 1. The molecule has 0 saturated carbocycles. The van der Waals surface area contributed by atoms with Crippen molar-refractivity contribution < 1.29 is 0 Å². The first-order chi connectivity index (χ1) is 6.72. The van der Waals surface area contributed by atoms with Gasteiger partial charge in [-0.2, -0.15) is 0 Å². The number of hydrogen-bond acceptors (Lipinski definition) is 1. The van der Waals surface area contributed by atoms with Crippen LogP contribution in [0.3, 0.4) is 0 Å². The van der Waals surface area contributed by atoms with Crippen LogP contribution in [0.15, 0.2) is 35.9 Å². The molecule has 14 heavy (non-hydrogen) atoms. The molecular formula is C12H16ClN. The van der Waals surface area contributed by atoms with Crippen molar-refractivity contribution in [2.24, 2.45) is 0 Å². The average Bonchev–Trinajstić information content (AvgIpc) is 2.17. The monoisotopic (exact) mass is 209 g/mol. The lowest BCUT2D eigenvalue weighted by Gasteiger charge is -2.05. The fourth-order valence-corrected chi connectivity index (χ4v) is 1.34. The highest BCUT2D eigenvalue weighted by molar-refractivity contribution is 6.29. The number of halogens is 1. The van der Waals surface area contributed by atoms with Gasteiger partial charge in [0, 0.05) is 10.7 Å². The van der Waals surface area contributed by atoms with Gasteiger partial charge >= 0.3 is 0 Å². The van der Waals surface area contributed by atoms with E-state index in [-0.39, 0.29) is 0 Å². The van der Waals surface area contributed by atoms with Gasteiger partial charge in [0.25, 0.3) is 0 Å². The van der Waals surface area contributed by atoms with Crippen LogP contribution in [-0.4, -0.2) is 6.54 Å². The van der Waals surface area contributed by atoms with Crippen LogP contribution in [0, 0.1) is 0 Å². The molecule has 0 aliphatic carbocycles. The Labute approximate surface area is 90.8 Å². The van der Waals surface area contributed by atoms with Gasteiger partial charge in [0.15, 0.2) is 0 Å². The third-order valence-corrected chi connectivity index (χ3v) is 2.11. The molecule has 1 rings (SSSR count). The Morgan fingerprint density at radius 1 is 1.36 bits per heavy atom. The lowest BCUT2D eigenvalue weighted by Crippen LogP contribution is -2.00. The summed E-state index contributed by atoms with van der Waals surface area (Å²) in [4.78, 5) is 0. The summed E-state index contributed by atoms with van der Waals surface area (Å²) in [5.41, 5.74) is 2.47. The van der Waals surface area contributed by atoms with E-state index in [4.69, 9.17) is 11.6 Å². The van der Waals surface area contributed by atoms with E-state index in [1.165, 1.54) is 12.0 Å². The Bertz CT molecular complexity index is 290. The highest BCUT2D eigenvalue weighted by atomic mass is 35.5. The Kier molecular flexibility index (Phi) is 4.54. The van der Waals surface area contributed by atoms with E-state index in [1.807, 2.05) is 0 Å². The Morgan fingerprint density at radius 3 is 2.50 bits per heavy atom. The SMILES string of the molecule is C=C(Cl)CNc1ccc(CCC)cc1. The maximum absolute atomic E-state index is 5.65. The molecule has 0 aliphatic rings. The van der Waals surface area contributed by atoms with Crippen LogP contribution >= 0.6 is 11.6 Å². The van der Waals surface area contributed by atoms with Crippen LogP contribution in [0.5, 0.6) is 0 Å². The minimum atomic E-state index is 0.620. The molecule has 0 atom stereocenters. The van der Waals surface area contributed by atoms with E-state index >= 15 is 0 Å². The quantitative estimate of drug-likeness (QED) is 0.778. The molecule has 0 bridgehead atoms. The maximum Gasteiger partial charge on any atom is 0.0501 e. The summed E-state index contributed by atoms with van der Waals surface area (Å²) in [6.07, 6.45) is 2.33. The van der Waals surface area contributed by atoms with Crippen molar-refractivity contribution in [2.75, 3.05) is 11.9 Å².